The van der Waals surface area contributed by atoms with Gasteiger partial charge in [0.1, 0.15) is 45.2 Å². The Bertz CT molecular complexity index is 2870. The van der Waals surface area contributed by atoms with Crippen LogP contribution in [-0.2, 0) is 30.1 Å². The van der Waals surface area contributed by atoms with Gasteiger partial charge in [-0.05, 0) is 79.9 Å². The van der Waals surface area contributed by atoms with Crippen LogP contribution < -0.4 is 15.8 Å². The van der Waals surface area contributed by atoms with Gasteiger partial charge in [-0.15, -0.1) is 0 Å². The first-order valence-electron chi connectivity index (χ1n) is 21.4. The molecule has 4 aliphatic rings. The van der Waals surface area contributed by atoms with Crippen molar-refractivity contribution in [1.82, 2.24) is 25.1 Å². The second-order valence-electron chi connectivity index (χ2n) is 16.7. The summed E-state index contributed by atoms with van der Waals surface area (Å²) in [5.74, 6) is -1.25. The van der Waals surface area contributed by atoms with Crippen LogP contribution in [0.1, 0.15) is 37.8 Å². The molecule has 0 unspecified atom stereocenters. The number of carbonyl (C=O) groups excluding carboxylic acids is 2. The summed E-state index contributed by atoms with van der Waals surface area (Å²) in [6.07, 6.45) is 4.14. The summed E-state index contributed by atoms with van der Waals surface area (Å²) in [5.41, 5.74) is 4.19. The van der Waals surface area contributed by atoms with E-state index in [9.17, 15) is 19.1 Å². The number of phenolic OH excluding ortho intramolecular Hbond substituents is 1. The quantitative estimate of drug-likeness (QED) is 0.114. The summed E-state index contributed by atoms with van der Waals surface area (Å²) in [7, 11) is 3.22. The van der Waals surface area contributed by atoms with Crippen LogP contribution in [0.3, 0.4) is 0 Å². The van der Waals surface area contributed by atoms with Crippen molar-refractivity contribution in [3.05, 3.63) is 150 Å². The molecule has 3 fully saturated rings. The highest BCUT2D eigenvalue weighted by Gasteiger charge is 2.55. The number of hydrogen-bond acceptors (Lipinski definition) is 11. The van der Waals surface area contributed by atoms with Crippen LogP contribution >= 0.6 is 11.6 Å². The van der Waals surface area contributed by atoms with Gasteiger partial charge < -0.3 is 35.3 Å². The fourth-order valence-electron chi connectivity index (χ4n) is 8.83. The lowest BCUT2D eigenvalue weighted by molar-refractivity contribution is -0.153. The molecule has 6 atom stereocenters. The Labute approximate surface area is 407 Å². The Kier molecular flexibility index (Phi) is 18.7. The second kappa shape index (κ2) is 24.1. The average molecular weight is 1020 g/mol. The van der Waals surface area contributed by atoms with E-state index < -0.39 is 34.5 Å². The number of pyridine rings is 2. The molecule has 0 bridgehead atoms. The molecule has 4 N–H and O–H groups in total. The van der Waals surface area contributed by atoms with Gasteiger partial charge in [0.25, 0.3) is 0 Å². The number of rotatable bonds is 4. The standard InChI is InChI=1S/C24H23FN4O3.C16H19FN2O3.C9H6ClN.3F2/c1-14-9-19-22(30)29(2)23(26)28-24(19,13-31-14)18-11-17(7-8-20(18)25)32-21-10-15-5-3-4-6-16(15)12-27-21;1-9-6-13-15(21)19(3)10(2)18-16(13,8-22-9)12-7-11(20)4-5-14(12)17;10-9-5-7-3-1-2-4-8(7)6-11-9;3*1-2/h3-8,10-12,14,19H,9,13H2,1-2H3,(H2,26,28);4-5,7,9,13,18,20H,2,6,8H2,1,3H3;1-6H;;;/t14-,19-,24+;9-,13-,16+;;;;/m00..../s1. The molecular formula is C49H48ClF8N7O6. The molecule has 0 aliphatic carbocycles. The van der Waals surface area contributed by atoms with Gasteiger partial charge in [0.15, 0.2) is 5.96 Å². The van der Waals surface area contributed by atoms with Crippen molar-refractivity contribution in [3.63, 3.8) is 0 Å². The van der Waals surface area contributed by atoms with Crippen LogP contribution in [0, 0.1) is 23.5 Å². The molecule has 22 heteroatoms. The van der Waals surface area contributed by atoms with Crippen molar-refractivity contribution in [2.24, 2.45) is 22.6 Å². The molecule has 2 amide bonds. The zero-order valence-corrected chi connectivity index (χ0v) is 39.2. The minimum absolute atomic E-state index is 0.0336. The van der Waals surface area contributed by atoms with Crippen molar-refractivity contribution in [2.75, 3.05) is 27.3 Å². The van der Waals surface area contributed by atoms with Crippen LogP contribution in [0.15, 0.2) is 127 Å². The summed E-state index contributed by atoms with van der Waals surface area (Å²) in [4.78, 5) is 41.4. The number of halogens is 9. The lowest BCUT2D eigenvalue weighted by Crippen LogP contribution is -2.65. The Hall–Kier alpha value is -7.10. The summed E-state index contributed by atoms with van der Waals surface area (Å²) < 4.78 is 95.1. The zero-order chi connectivity index (χ0) is 52.2. The van der Waals surface area contributed by atoms with E-state index in [1.807, 2.05) is 74.5 Å². The summed E-state index contributed by atoms with van der Waals surface area (Å²) in [6.45, 7) is 7.80. The summed E-state index contributed by atoms with van der Waals surface area (Å²) in [6, 6.07) is 27.7. The van der Waals surface area contributed by atoms with Gasteiger partial charge in [0.2, 0.25) is 17.7 Å². The SMILES string of the molecule is C=C1N[C@@]2(c3cc(O)ccc3F)CO[C@@H](C)C[C@H]2C(=O)N1C.C[C@H]1C[C@H]2C(=O)N(C)C(N)=N[C@@]2(c2cc(Oc3cc4ccccc4cn3)ccc2F)CO1.Clc1cc2ccccc2cn1.FF.FF.FF. The number of ether oxygens (including phenoxy) is 3. The highest BCUT2D eigenvalue weighted by atomic mass is 35.5. The molecule has 10 rings (SSSR count). The Balaban J connectivity index is 0.000000207. The van der Waals surface area contributed by atoms with Gasteiger partial charge in [0.05, 0.1) is 37.3 Å². The topological polar surface area (TPSA) is 165 Å². The fraction of sp³-hybridized carbons (Fsp3) is 0.286. The lowest BCUT2D eigenvalue weighted by Gasteiger charge is -2.51. The number of fused-ring (bicyclic) bond motifs is 4. The monoisotopic (exact) mass is 1020 g/mol. The van der Waals surface area contributed by atoms with Gasteiger partial charge in [-0.2, -0.15) is 0 Å². The van der Waals surface area contributed by atoms with E-state index in [1.165, 1.54) is 40.1 Å². The smallest absolute Gasteiger partial charge is 0.235 e. The largest absolute Gasteiger partial charge is 0.508 e. The van der Waals surface area contributed by atoms with Gasteiger partial charge in [-0.25, -0.2) is 23.7 Å². The lowest BCUT2D eigenvalue weighted by atomic mass is 9.72. The van der Waals surface area contributed by atoms with Crippen LogP contribution in [0.2, 0.25) is 5.15 Å². The number of aromatic hydroxyl groups is 1. The molecule has 0 saturated carbocycles. The zero-order valence-electron chi connectivity index (χ0n) is 38.4. The first-order chi connectivity index (χ1) is 34.1. The molecule has 378 valence electrons. The predicted octanol–water partition coefficient (Wildman–Crippen LogP) is 10.7. The normalized spacial score (nSPS) is 23.1. The fourth-order valence-corrected chi connectivity index (χ4v) is 9.00. The average Bonchev–Trinajstić information content (AvgIpc) is 3.39. The minimum atomic E-state index is -1.25. The number of aromatic nitrogens is 2. The third-order valence-electron chi connectivity index (χ3n) is 12.4. The number of hydrogen-bond donors (Lipinski definition) is 3. The molecule has 4 aliphatic heterocycles. The van der Waals surface area contributed by atoms with Crippen LogP contribution in [0.25, 0.3) is 21.5 Å². The molecule has 2 aromatic heterocycles. The van der Waals surface area contributed by atoms with E-state index in [4.69, 9.17) is 59.0 Å². The maximum absolute atomic E-state index is 15.2. The number of aliphatic imine (C=N–C) groups is 1. The number of carbonyl (C=O) groups is 2. The molecule has 13 nitrogen and oxygen atoms in total. The highest BCUT2D eigenvalue weighted by Crippen LogP contribution is 2.47. The van der Waals surface area contributed by atoms with Crippen LogP contribution in [-0.4, -0.2) is 82.2 Å². The first kappa shape index (κ1) is 54.8. The second-order valence-corrected chi connectivity index (χ2v) is 17.1. The number of amides is 2. The third kappa shape index (κ3) is 11.8. The highest BCUT2D eigenvalue weighted by molar-refractivity contribution is 6.30. The van der Waals surface area contributed by atoms with Crippen molar-refractivity contribution in [1.29, 1.82) is 0 Å². The molecule has 6 aromatic rings. The van der Waals surface area contributed by atoms with Crippen LogP contribution in [0.4, 0.5) is 36.2 Å². The Morgan fingerprint density at radius 3 is 1.92 bits per heavy atom. The van der Waals surface area contributed by atoms with Crippen molar-refractivity contribution < 1.29 is 65.1 Å². The molecule has 0 radical (unpaired) electrons. The molecule has 0 spiro atoms. The van der Waals surface area contributed by atoms with Crippen LogP contribution in [0.5, 0.6) is 17.4 Å². The predicted molar refractivity (Wildman–Crippen MR) is 250 cm³/mol. The first-order valence-corrected chi connectivity index (χ1v) is 21.8. The van der Waals surface area contributed by atoms with Crippen molar-refractivity contribution in [2.45, 2.75) is 50.0 Å². The van der Waals surface area contributed by atoms with E-state index in [0.717, 1.165) is 21.5 Å². The summed E-state index contributed by atoms with van der Waals surface area (Å²) in [5, 5.41) is 17.7. The van der Waals surface area contributed by atoms with Gasteiger partial charge in [0, 0.05) is 81.9 Å². The minimum Gasteiger partial charge on any atom is -0.508 e. The van der Waals surface area contributed by atoms with Crippen molar-refractivity contribution in [3.8, 4) is 17.4 Å². The summed E-state index contributed by atoms with van der Waals surface area (Å²) >= 11 is 5.71. The maximum atomic E-state index is 15.2. The number of nitrogens with two attached hydrogens (primary N) is 1. The molecule has 6 heterocycles. The van der Waals surface area contributed by atoms with Crippen molar-refractivity contribution >= 4 is 50.9 Å². The number of phenols is 1. The van der Waals surface area contributed by atoms with E-state index in [-0.39, 0.29) is 60.1 Å². The molecule has 4 aromatic carbocycles. The van der Waals surface area contributed by atoms with E-state index >= 15 is 4.39 Å². The van der Waals surface area contributed by atoms with E-state index in [1.54, 1.807) is 32.6 Å². The van der Waals surface area contributed by atoms with Gasteiger partial charge >= 0.3 is 0 Å². The Morgan fingerprint density at radius 2 is 1.27 bits per heavy atom. The molecule has 71 heavy (non-hydrogen) atoms. The maximum Gasteiger partial charge on any atom is 0.235 e. The number of nitrogens with zero attached hydrogens (tertiary/aromatic N) is 5. The van der Waals surface area contributed by atoms with E-state index in [0.29, 0.717) is 35.4 Å². The van der Waals surface area contributed by atoms with Gasteiger partial charge in [-0.1, -0.05) is 66.7 Å². The number of guanidine groups is 1. The number of nitrogens with one attached hydrogen (secondary N) is 1. The van der Waals surface area contributed by atoms with Gasteiger partial charge in [-0.3, -0.25) is 14.5 Å². The molecule has 3 saturated heterocycles. The Morgan fingerprint density at radius 1 is 0.732 bits per heavy atom. The van der Waals surface area contributed by atoms with E-state index in [2.05, 4.69) is 26.9 Å². The molecular weight excluding hydrogens is 970 g/mol. The number of benzene rings is 4. The third-order valence-corrected chi connectivity index (χ3v) is 12.6.